The van der Waals surface area contributed by atoms with Gasteiger partial charge < -0.3 is 9.47 Å². The van der Waals surface area contributed by atoms with Gasteiger partial charge in [0.15, 0.2) is 11.5 Å². The van der Waals surface area contributed by atoms with E-state index in [0.717, 1.165) is 11.1 Å². The fraction of sp³-hybridized carbons (Fsp3) is 0.222. The lowest BCUT2D eigenvalue weighted by molar-refractivity contribution is -0.131. The van der Waals surface area contributed by atoms with Crippen molar-refractivity contribution in [1.82, 2.24) is 10.9 Å². The first-order chi connectivity index (χ1) is 11.5. The molecule has 1 heterocycles. The summed E-state index contributed by atoms with van der Waals surface area (Å²) in [5, 5.41) is 0. The van der Waals surface area contributed by atoms with Crippen LogP contribution in [0.5, 0.6) is 11.5 Å². The standard InChI is InChI=1S/C18H18N2O4/c1-11-7-12(2)9-13(8-11)17(21)19-20-18(22)16-10-23-14-5-3-4-6-15(14)24-16/h3-9,16H,10H2,1-2H3,(H,19,21)(H,20,22). The highest BCUT2D eigenvalue weighted by atomic mass is 16.6. The Hall–Kier alpha value is -3.02. The Morgan fingerprint density at radius 3 is 2.38 bits per heavy atom. The SMILES string of the molecule is Cc1cc(C)cc(C(=O)NNC(=O)C2COc3ccccc3O2)c1. The average Bonchev–Trinajstić information content (AvgIpc) is 2.58. The first-order valence-corrected chi connectivity index (χ1v) is 7.60. The summed E-state index contributed by atoms with van der Waals surface area (Å²) in [7, 11) is 0. The summed E-state index contributed by atoms with van der Waals surface area (Å²) < 4.78 is 11.1. The molecule has 24 heavy (non-hydrogen) atoms. The Kier molecular flexibility index (Phi) is 4.37. The van der Waals surface area contributed by atoms with Crippen LogP contribution in [0.15, 0.2) is 42.5 Å². The van der Waals surface area contributed by atoms with Gasteiger partial charge in [-0.15, -0.1) is 0 Å². The van der Waals surface area contributed by atoms with Crippen LogP contribution < -0.4 is 20.3 Å². The van der Waals surface area contributed by atoms with Crippen molar-refractivity contribution in [2.24, 2.45) is 0 Å². The second kappa shape index (κ2) is 6.62. The van der Waals surface area contributed by atoms with E-state index in [0.29, 0.717) is 17.1 Å². The van der Waals surface area contributed by atoms with E-state index in [1.807, 2.05) is 26.0 Å². The van der Waals surface area contributed by atoms with E-state index in [-0.39, 0.29) is 12.5 Å². The molecule has 0 aliphatic carbocycles. The molecule has 1 aliphatic rings. The van der Waals surface area contributed by atoms with Crippen LogP contribution in [0.4, 0.5) is 0 Å². The van der Waals surface area contributed by atoms with E-state index in [1.165, 1.54) is 0 Å². The Balaban J connectivity index is 1.59. The fourth-order valence-electron chi connectivity index (χ4n) is 2.53. The summed E-state index contributed by atoms with van der Waals surface area (Å²) in [6.07, 6.45) is -0.820. The largest absolute Gasteiger partial charge is 0.485 e. The smallest absolute Gasteiger partial charge is 0.283 e. The first kappa shape index (κ1) is 15.9. The van der Waals surface area contributed by atoms with Gasteiger partial charge in [-0.25, -0.2) is 0 Å². The molecule has 6 nitrogen and oxygen atoms in total. The third-order valence-corrected chi connectivity index (χ3v) is 3.58. The van der Waals surface area contributed by atoms with Crippen molar-refractivity contribution in [3.8, 4) is 11.5 Å². The normalized spacial score (nSPS) is 15.5. The minimum absolute atomic E-state index is 0.0856. The molecular formula is C18H18N2O4. The molecule has 2 N–H and O–H groups in total. The van der Waals surface area contributed by atoms with Crippen molar-refractivity contribution in [2.45, 2.75) is 20.0 Å². The molecule has 2 amide bonds. The van der Waals surface area contributed by atoms with Gasteiger partial charge in [-0.05, 0) is 38.1 Å². The van der Waals surface area contributed by atoms with Crippen LogP contribution in [-0.2, 0) is 4.79 Å². The van der Waals surface area contributed by atoms with Crippen molar-refractivity contribution >= 4 is 11.8 Å². The van der Waals surface area contributed by atoms with Crippen LogP contribution in [0.3, 0.4) is 0 Å². The number of hydrogen-bond acceptors (Lipinski definition) is 4. The van der Waals surface area contributed by atoms with Crippen molar-refractivity contribution in [2.75, 3.05) is 6.61 Å². The third-order valence-electron chi connectivity index (χ3n) is 3.58. The monoisotopic (exact) mass is 326 g/mol. The lowest BCUT2D eigenvalue weighted by atomic mass is 10.1. The van der Waals surface area contributed by atoms with Crippen LogP contribution in [0, 0.1) is 13.8 Å². The summed E-state index contributed by atoms with van der Waals surface area (Å²) >= 11 is 0. The minimum atomic E-state index is -0.820. The lowest BCUT2D eigenvalue weighted by Crippen LogP contribution is -2.50. The second-order valence-corrected chi connectivity index (χ2v) is 5.68. The number of benzene rings is 2. The maximum atomic E-state index is 12.1. The van der Waals surface area contributed by atoms with Gasteiger partial charge in [-0.3, -0.25) is 20.4 Å². The molecule has 0 fully saturated rings. The lowest BCUT2D eigenvalue weighted by Gasteiger charge is -2.25. The van der Waals surface area contributed by atoms with Crippen LogP contribution in [0.2, 0.25) is 0 Å². The highest BCUT2D eigenvalue weighted by Gasteiger charge is 2.27. The van der Waals surface area contributed by atoms with Gasteiger partial charge in [-0.1, -0.05) is 29.3 Å². The van der Waals surface area contributed by atoms with Crippen molar-refractivity contribution < 1.29 is 19.1 Å². The average molecular weight is 326 g/mol. The summed E-state index contributed by atoms with van der Waals surface area (Å²) in [5.41, 5.74) is 7.22. The summed E-state index contributed by atoms with van der Waals surface area (Å²) in [6, 6.07) is 12.6. The van der Waals surface area contributed by atoms with E-state index in [1.54, 1.807) is 30.3 Å². The van der Waals surface area contributed by atoms with Gasteiger partial charge in [0.2, 0.25) is 6.10 Å². The predicted molar refractivity (Wildman–Crippen MR) is 87.9 cm³/mol. The van der Waals surface area contributed by atoms with Crippen LogP contribution in [0.1, 0.15) is 21.5 Å². The van der Waals surface area contributed by atoms with E-state index in [2.05, 4.69) is 10.9 Å². The Labute approximate surface area is 139 Å². The summed E-state index contributed by atoms with van der Waals surface area (Å²) in [4.78, 5) is 24.3. The summed E-state index contributed by atoms with van der Waals surface area (Å²) in [6.45, 7) is 3.91. The molecule has 6 heteroatoms. The molecule has 0 aromatic heterocycles. The summed E-state index contributed by atoms with van der Waals surface area (Å²) in [5.74, 6) is 0.250. The van der Waals surface area contributed by atoms with Crippen LogP contribution in [-0.4, -0.2) is 24.5 Å². The third kappa shape index (κ3) is 3.48. The molecule has 124 valence electrons. The first-order valence-electron chi connectivity index (χ1n) is 7.60. The number of ether oxygens (including phenoxy) is 2. The fourth-order valence-corrected chi connectivity index (χ4v) is 2.53. The van der Waals surface area contributed by atoms with Crippen LogP contribution >= 0.6 is 0 Å². The highest BCUT2D eigenvalue weighted by molar-refractivity contribution is 5.96. The van der Waals surface area contributed by atoms with E-state index in [4.69, 9.17) is 9.47 Å². The molecule has 1 unspecified atom stereocenters. The van der Waals surface area contributed by atoms with E-state index >= 15 is 0 Å². The quantitative estimate of drug-likeness (QED) is 0.827. The second-order valence-electron chi connectivity index (χ2n) is 5.68. The minimum Gasteiger partial charge on any atom is -0.485 e. The zero-order chi connectivity index (χ0) is 17.1. The van der Waals surface area contributed by atoms with Gasteiger partial charge in [0.25, 0.3) is 11.8 Å². The zero-order valence-corrected chi connectivity index (χ0v) is 13.5. The molecule has 0 radical (unpaired) electrons. The molecule has 3 rings (SSSR count). The van der Waals surface area contributed by atoms with E-state index in [9.17, 15) is 9.59 Å². The van der Waals surface area contributed by atoms with Gasteiger partial charge in [0.1, 0.15) is 6.61 Å². The molecule has 0 saturated carbocycles. The Morgan fingerprint density at radius 2 is 1.67 bits per heavy atom. The molecule has 0 saturated heterocycles. The maximum Gasteiger partial charge on any atom is 0.283 e. The Bertz CT molecular complexity index is 768. The molecular weight excluding hydrogens is 308 g/mol. The molecule has 1 aliphatic heterocycles. The number of rotatable bonds is 2. The number of carbonyl (C=O) groups excluding carboxylic acids is 2. The van der Waals surface area contributed by atoms with Crippen LogP contribution in [0.25, 0.3) is 0 Å². The maximum absolute atomic E-state index is 12.1. The van der Waals surface area contributed by atoms with Crippen molar-refractivity contribution in [1.29, 1.82) is 0 Å². The van der Waals surface area contributed by atoms with Gasteiger partial charge in [-0.2, -0.15) is 0 Å². The zero-order valence-electron chi connectivity index (χ0n) is 13.5. The molecule has 2 aromatic rings. The number of hydrogen-bond donors (Lipinski definition) is 2. The van der Waals surface area contributed by atoms with Crippen molar-refractivity contribution in [3.05, 3.63) is 59.2 Å². The number of nitrogens with one attached hydrogen (secondary N) is 2. The number of para-hydroxylation sites is 2. The number of aryl methyl sites for hydroxylation is 2. The molecule has 1 atom stereocenters. The van der Waals surface area contributed by atoms with Gasteiger partial charge >= 0.3 is 0 Å². The number of fused-ring (bicyclic) bond motifs is 1. The Morgan fingerprint density at radius 1 is 1.00 bits per heavy atom. The molecule has 0 bridgehead atoms. The number of hydrazine groups is 1. The molecule has 0 spiro atoms. The van der Waals surface area contributed by atoms with Gasteiger partial charge in [0, 0.05) is 5.56 Å². The highest BCUT2D eigenvalue weighted by Crippen LogP contribution is 2.30. The van der Waals surface area contributed by atoms with E-state index < -0.39 is 12.0 Å². The number of amides is 2. The predicted octanol–water partition coefficient (Wildman–Crippen LogP) is 1.90. The van der Waals surface area contributed by atoms with Crippen molar-refractivity contribution in [3.63, 3.8) is 0 Å². The number of carbonyl (C=O) groups is 2. The van der Waals surface area contributed by atoms with Gasteiger partial charge in [0.05, 0.1) is 0 Å². The topological polar surface area (TPSA) is 76.7 Å². The molecule has 2 aromatic carbocycles.